The van der Waals surface area contributed by atoms with Crippen LogP contribution in [0.2, 0.25) is 0 Å². The maximum absolute atomic E-state index is 12.3. The van der Waals surface area contributed by atoms with E-state index in [0.29, 0.717) is 0 Å². The predicted molar refractivity (Wildman–Crippen MR) is 36.9 cm³/mol. The first-order valence-corrected chi connectivity index (χ1v) is 2.64. The van der Waals surface area contributed by atoms with Gasteiger partial charge in [-0.05, 0) is 6.07 Å². The van der Waals surface area contributed by atoms with Gasteiger partial charge in [-0.15, -0.1) is 0 Å². The zero-order valence-electron chi connectivity index (χ0n) is 5.13. The molecular formula is C6H7FN2O. The average molecular weight is 142 g/mol. The lowest BCUT2D eigenvalue weighted by Crippen LogP contribution is -1.95. The molecule has 0 spiro atoms. The number of rotatable bonds is 0. The lowest BCUT2D eigenvalue weighted by atomic mass is 10.2. The third kappa shape index (κ3) is 0.953. The van der Waals surface area contributed by atoms with E-state index in [1.807, 2.05) is 0 Å². The molecule has 0 fully saturated rings. The molecule has 0 unspecified atom stereocenters. The molecule has 3 nitrogen and oxygen atoms in total. The number of phenols is 1. The third-order valence-corrected chi connectivity index (χ3v) is 1.15. The van der Waals surface area contributed by atoms with Gasteiger partial charge >= 0.3 is 0 Å². The van der Waals surface area contributed by atoms with Gasteiger partial charge in [0.25, 0.3) is 0 Å². The van der Waals surface area contributed by atoms with Gasteiger partial charge in [0.05, 0.1) is 11.4 Å². The van der Waals surface area contributed by atoms with E-state index in [9.17, 15) is 4.39 Å². The van der Waals surface area contributed by atoms with Gasteiger partial charge in [0.1, 0.15) is 11.6 Å². The lowest BCUT2D eigenvalue weighted by molar-refractivity contribution is 0.472. The smallest absolute Gasteiger partial charge is 0.143 e. The van der Waals surface area contributed by atoms with Crippen LogP contribution in [-0.4, -0.2) is 5.11 Å². The van der Waals surface area contributed by atoms with Crippen LogP contribution in [0.5, 0.6) is 5.75 Å². The van der Waals surface area contributed by atoms with E-state index in [2.05, 4.69) is 0 Å². The molecule has 1 aromatic rings. The molecule has 5 N–H and O–H groups in total. The van der Waals surface area contributed by atoms with E-state index in [-0.39, 0.29) is 17.1 Å². The summed E-state index contributed by atoms with van der Waals surface area (Å²) in [6.45, 7) is 0. The quantitative estimate of drug-likeness (QED) is 0.368. The van der Waals surface area contributed by atoms with E-state index in [1.165, 1.54) is 0 Å². The first-order valence-electron chi connectivity index (χ1n) is 2.64. The second-order valence-corrected chi connectivity index (χ2v) is 1.93. The largest absolute Gasteiger partial charge is 0.506 e. The van der Waals surface area contributed by atoms with E-state index in [0.717, 1.165) is 12.1 Å². The van der Waals surface area contributed by atoms with Crippen molar-refractivity contribution in [1.29, 1.82) is 0 Å². The molecule has 0 saturated carbocycles. The monoisotopic (exact) mass is 142 g/mol. The third-order valence-electron chi connectivity index (χ3n) is 1.15. The van der Waals surface area contributed by atoms with Gasteiger partial charge in [-0.2, -0.15) is 0 Å². The van der Waals surface area contributed by atoms with Gasteiger partial charge in [0.15, 0.2) is 0 Å². The van der Waals surface area contributed by atoms with E-state index >= 15 is 0 Å². The average Bonchev–Trinajstić information content (AvgIpc) is 1.82. The zero-order valence-corrected chi connectivity index (χ0v) is 5.13. The summed E-state index contributed by atoms with van der Waals surface area (Å²) in [7, 11) is 0. The summed E-state index contributed by atoms with van der Waals surface area (Å²) in [5.74, 6) is -0.915. The Morgan fingerprint density at radius 2 is 1.90 bits per heavy atom. The molecule has 4 heteroatoms. The van der Waals surface area contributed by atoms with Gasteiger partial charge in [-0.25, -0.2) is 4.39 Å². The molecule has 0 heterocycles. The maximum atomic E-state index is 12.3. The molecule has 0 aliphatic heterocycles. The minimum Gasteiger partial charge on any atom is -0.506 e. The van der Waals surface area contributed by atoms with Crippen LogP contribution < -0.4 is 11.5 Å². The first kappa shape index (κ1) is 6.67. The van der Waals surface area contributed by atoms with Gasteiger partial charge in [-0.3, -0.25) is 0 Å². The maximum Gasteiger partial charge on any atom is 0.143 e. The molecule has 0 radical (unpaired) electrons. The highest BCUT2D eigenvalue weighted by atomic mass is 19.1. The molecule has 0 aromatic heterocycles. The van der Waals surface area contributed by atoms with Crippen molar-refractivity contribution in [3.63, 3.8) is 0 Å². The number of hydrogen-bond acceptors (Lipinski definition) is 3. The SMILES string of the molecule is Nc1cc(F)cc(O)c1N. The fourth-order valence-corrected chi connectivity index (χ4v) is 0.624. The van der Waals surface area contributed by atoms with Gasteiger partial charge in [-0.1, -0.05) is 0 Å². The molecule has 0 aliphatic carbocycles. The zero-order chi connectivity index (χ0) is 7.72. The lowest BCUT2D eigenvalue weighted by Gasteiger charge is -2.01. The van der Waals surface area contributed by atoms with Crippen molar-refractivity contribution in [3.05, 3.63) is 17.9 Å². The molecule has 0 saturated heterocycles. The molecule has 0 aliphatic rings. The molecule has 0 atom stereocenters. The number of benzene rings is 1. The van der Waals surface area contributed by atoms with Crippen molar-refractivity contribution in [2.75, 3.05) is 11.5 Å². The minimum absolute atomic E-state index is 0.0152. The summed E-state index contributed by atoms with van der Waals surface area (Å²) >= 11 is 0. The van der Waals surface area contributed by atoms with Crippen molar-refractivity contribution in [3.8, 4) is 5.75 Å². The van der Waals surface area contributed by atoms with Crippen molar-refractivity contribution >= 4 is 11.4 Å². The topological polar surface area (TPSA) is 72.3 Å². The van der Waals surface area contributed by atoms with E-state index in [1.54, 1.807) is 0 Å². The van der Waals surface area contributed by atoms with Crippen LogP contribution in [0.25, 0.3) is 0 Å². The Bertz CT molecular complexity index is 239. The number of nitrogen functional groups attached to an aromatic ring is 2. The first-order chi connectivity index (χ1) is 4.61. The molecular weight excluding hydrogens is 135 g/mol. The summed E-state index contributed by atoms with van der Waals surface area (Å²) < 4.78 is 12.3. The van der Waals surface area contributed by atoms with E-state index in [4.69, 9.17) is 16.6 Å². The summed E-state index contributed by atoms with van der Waals surface area (Å²) in [6.07, 6.45) is 0. The number of anilines is 2. The molecule has 54 valence electrons. The Labute approximate surface area is 57.1 Å². The number of nitrogens with two attached hydrogens (primary N) is 2. The normalized spacial score (nSPS) is 9.70. The predicted octanol–water partition coefficient (Wildman–Crippen LogP) is 0.696. The van der Waals surface area contributed by atoms with Crippen LogP contribution in [-0.2, 0) is 0 Å². The Hall–Kier alpha value is -1.45. The van der Waals surface area contributed by atoms with Crippen LogP contribution in [0.3, 0.4) is 0 Å². The molecule has 0 amide bonds. The number of aromatic hydroxyl groups is 1. The molecule has 0 bridgehead atoms. The summed E-state index contributed by atoms with van der Waals surface area (Å²) in [4.78, 5) is 0. The number of halogens is 1. The van der Waals surface area contributed by atoms with Crippen LogP contribution in [0.4, 0.5) is 15.8 Å². The standard InChI is InChI=1S/C6H7FN2O/c7-3-1-4(8)6(9)5(10)2-3/h1-2,10H,8-9H2. The Balaban J connectivity index is 3.31. The van der Waals surface area contributed by atoms with Crippen LogP contribution in [0.15, 0.2) is 12.1 Å². The van der Waals surface area contributed by atoms with Gasteiger partial charge < -0.3 is 16.6 Å². The van der Waals surface area contributed by atoms with Crippen molar-refractivity contribution in [2.45, 2.75) is 0 Å². The highest BCUT2D eigenvalue weighted by Gasteiger charge is 2.02. The summed E-state index contributed by atoms with van der Waals surface area (Å²) in [6, 6.07) is 1.96. The van der Waals surface area contributed by atoms with Crippen molar-refractivity contribution < 1.29 is 9.50 Å². The highest BCUT2D eigenvalue weighted by molar-refractivity contribution is 5.70. The Morgan fingerprint density at radius 3 is 2.40 bits per heavy atom. The molecule has 10 heavy (non-hydrogen) atoms. The van der Waals surface area contributed by atoms with Crippen LogP contribution in [0.1, 0.15) is 0 Å². The fraction of sp³-hybridized carbons (Fsp3) is 0. The van der Waals surface area contributed by atoms with E-state index < -0.39 is 5.82 Å². The highest BCUT2D eigenvalue weighted by Crippen LogP contribution is 2.26. The molecule has 1 aromatic carbocycles. The summed E-state index contributed by atoms with van der Waals surface area (Å²) in [5, 5.41) is 8.84. The van der Waals surface area contributed by atoms with Crippen LogP contribution in [0, 0.1) is 5.82 Å². The fourth-order valence-electron chi connectivity index (χ4n) is 0.624. The second-order valence-electron chi connectivity index (χ2n) is 1.93. The number of hydrogen-bond donors (Lipinski definition) is 3. The summed E-state index contributed by atoms with van der Waals surface area (Å²) in [5.41, 5.74) is 10.5. The van der Waals surface area contributed by atoms with Gasteiger partial charge in [0.2, 0.25) is 0 Å². The van der Waals surface area contributed by atoms with Crippen molar-refractivity contribution in [2.24, 2.45) is 0 Å². The van der Waals surface area contributed by atoms with Gasteiger partial charge in [0, 0.05) is 6.07 Å². The second kappa shape index (κ2) is 2.06. The molecule has 1 rings (SSSR count). The van der Waals surface area contributed by atoms with Crippen LogP contribution >= 0.6 is 0 Å². The Morgan fingerprint density at radius 1 is 1.30 bits per heavy atom. The van der Waals surface area contributed by atoms with Crippen molar-refractivity contribution in [1.82, 2.24) is 0 Å². The minimum atomic E-state index is -0.593. The Kier molecular flexibility index (Phi) is 1.37. The number of phenolic OH excluding ortho intramolecular Hbond substituents is 1.